The molecule has 0 aliphatic heterocycles. The molecule has 2 rings (SSSR count). The summed E-state index contributed by atoms with van der Waals surface area (Å²) in [5.41, 5.74) is 1.37. The van der Waals surface area contributed by atoms with Gasteiger partial charge in [0.05, 0.1) is 12.1 Å². The van der Waals surface area contributed by atoms with Crippen LogP contribution in [-0.2, 0) is 18.2 Å². The largest absolute Gasteiger partial charge is 0.481 e. The van der Waals surface area contributed by atoms with Gasteiger partial charge in [0.2, 0.25) is 5.78 Å². The molecule has 0 bridgehead atoms. The molecule has 1 aromatic carbocycles. The molecule has 0 radical (unpaired) electrons. The van der Waals surface area contributed by atoms with Crippen LogP contribution in [0, 0.1) is 6.92 Å². The molecule has 0 unspecified atom stereocenters. The Kier molecular flexibility index (Phi) is 2.56. The number of hydrogen-bond acceptors (Lipinski definition) is 2. The van der Waals surface area contributed by atoms with E-state index in [0.29, 0.717) is 5.56 Å². The van der Waals surface area contributed by atoms with E-state index in [9.17, 15) is 9.59 Å². The number of carbonyl (C=O) groups is 2. The number of aromatic nitrogens is 1. The number of ketones is 1. The molecular weight excluding hydrogens is 242 g/mol. The SMILES string of the molecule is [2H]C([2H])([2H])n1c(CC(=O)O)ccc1C(=O)c1ccc(C)cc1. The van der Waals surface area contributed by atoms with Crippen LogP contribution in [0.4, 0.5) is 0 Å². The Morgan fingerprint density at radius 1 is 1.21 bits per heavy atom. The van der Waals surface area contributed by atoms with Gasteiger partial charge in [-0.25, -0.2) is 0 Å². The van der Waals surface area contributed by atoms with Gasteiger partial charge in [0.1, 0.15) is 0 Å². The fourth-order valence-corrected chi connectivity index (χ4v) is 1.80. The molecule has 19 heavy (non-hydrogen) atoms. The van der Waals surface area contributed by atoms with Crippen molar-refractivity contribution < 1.29 is 18.8 Å². The van der Waals surface area contributed by atoms with Gasteiger partial charge >= 0.3 is 5.97 Å². The lowest BCUT2D eigenvalue weighted by Gasteiger charge is -2.06. The summed E-state index contributed by atoms with van der Waals surface area (Å²) < 4.78 is 23.5. The van der Waals surface area contributed by atoms with E-state index in [1.165, 1.54) is 12.1 Å². The maximum absolute atomic E-state index is 12.5. The third-order valence-corrected chi connectivity index (χ3v) is 2.84. The van der Waals surface area contributed by atoms with E-state index in [1.54, 1.807) is 24.3 Å². The Hall–Kier alpha value is -2.36. The number of carboxylic acid groups (broad SMARTS) is 1. The van der Waals surface area contributed by atoms with Crippen LogP contribution in [0.3, 0.4) is 0 Å². The van der Waals surface area contributed by atoms with E-state index in [4.69, 9.17) is 9.22 Å². The molecule has 0 spiro atoms. The molecule has 0 saturated heterocycles. The maximum atomic E-state index is 12.5. The van der Waals surface area contributed by atoms with Crippen molar-refractivity contribution in [1.82, 2.24) is 4.57 Å². The number of hydrogen-bond donors (Lipinski definition) is 1. The van der Waals surface area contributed by atoms with Crippen molar-refractivity contribution in [2.45, 2.75) is 13.3 Å². The number of aliphatic carboxylic acids is 1. The third-order valence-electron chi connectivity index (χ3n) is 2.84. The lowest BCUT2D eigenvalue weighted by atomic mass is 10.1. The number of aryl methyl sites for hydroxylation is 1. The monoisotopic (exact) mass is 260 g/mol. The fraction of sp³-hybridized carbons (Fsp3) is 0.200. The Morgan fingerprint density at radius 2 is 1.89 bits per heavy atom. The fourth-order valence-electron chi connectivity index (χ4n) is 1.80. The van der Waals surface area contributed by atoms with E-state index in [0.717, 1.165) is 10.1 Å². The van der Waals surface area contributed by atoms with E-state index in [1.807, 2.05) is 6.92 Å². The van der Waals surface area contributed by atoms with Gasteiger partial charge in [-0.15, -0.1) is 0 Å². The van der Waals surface area contributed by atoms with Crippen LogP contribution in [0.1, 0.15) is 31.4 Å². The van der Waals surface area contributed by atoms with Crippen LogP contribution in [0.5, 0.6) is 0 Å². The molecule has 1 heterocycles. The molecule has 98 valence electrons. The molecule has 4 heteroatoms. The second-order valence-electron chi connectivity index (χ2n) is 4.31. The number of rotatable bonds is 4. The van der Waals surface area contributed by atoms with Crippen molar-refractivity contribution in [3.63, 3.8) is 0 Å². The highest BCUT2D eigenvalue weighted by Crippen LogP contribution is 2.14. The third kappa shape index (κ3) is 2.73. The molecule has 0 fully saturated rings. The van der Waals surface area contributed by atoms with Crippen LogP contribution >= 0.6 is 0 Å². The molecular formula is C15H15NO3. The topological polar surface area (TPSA) is 59.3 Å². The van der Waals surface area contributed by atoms with Crippen molar-refractivity contribution in [2.24, 2.45) is 6.98 Å². The van der Waals surface area contributed by atoms with Gasteiger partial charge in [-0.1, -0.05) is 29.8 Å². The molecule has 0 aliphatic rings. The van der Waals surface area contributed by atoms with E-state index in [2.05, 4.69) is 0 Å². The molecule has 2 aromatic rings. The van der Waals surface area contributed by atoms with E-state index >= 15 is 0 Å². The number of nitrogens with zero attached hydrogens (tertiary/aromatic N) is 1. The first-order valence-electron chi connectivity index (χ1n) is 7.24. The lowest BCUT2D eigenvalue weighted by Crippen LogP contribution is -2.11. The molecule has 1 aromatic heterocycles. The lowest BCUT2D eigenvalue weighted by molar-refractivity contribution is -0.136. The predicted molar refractivity (Wildman–Crippen MR) is 71.4 cm³/mol. The Labute approximate surface area is 115 Å². The summed E-state index contributed by atoms with van der Waals surface area (Å²) in [5, 5.41) is 8.87. The average Bonchev–Trinajstić information content (AvgIpc) is 2.81. The molecule has 0 atom stereocenters. The van der Waals surface area contributed by atoms with Gasteiger partial charge in [-0.3, -0.25) is 9.59 Å². The highest BCUT2D eigenvalue weighted by atomic mass is 16.4. The zero-order valence-electron chi connectivity index (χ0n) is 13.4. The zero-order valence-corrected chi connectivity index (χ0v) is 10.4. The summed E-state index contributed by atoms with van der Waals surface area (Å²) in [7, 11) is 0. The maximum Gasteiger partial charge on any atom is 0.309 e. The second kappa shape index (κ2) is 5.10. The van der Waals surface area contributed by atoms with Gasteiger partial charge < -0.3 is 9.67 Å². The highest BCUT2D eigenvalue weighted by molar-refractivity contribution is 6.08. The average molecular weight is 260 g/mol. The van der Waals surface area contributed by atoms with Crippen LogP contribution in [0.2, 0.25) is 0 Å². The molecule has 0 amide bonds. The first-order valence-corrected chi connectivity index (χ1v) is 5.74. The van der Waals surface area contributed by atoms with Crippen molar-refractivity contribution >= 4 is 11.8 Å². The number of carboxylic acids is 1. The Morgan fingerprint density at radius 3 is 2.47 bits per heavy atom. The van der Waals surface area contributed by atoms with Gasteiger partial charge in [0, 0.05) is 22.3 Å². The Balaban J connectivity index is 2.50. The van der Waals surface area contributed by atoms with E-state index in [-0.39, 0.29) is 11.4 Å². The minimum absolute atomic E-state index is 0.0416. The molecule has 0 saturated carbocycles. The first-order chi connectivity index (χ1) is 10.2. The van der Waals surface area contributed by atoms with Crippen molar-refractivity contribution in [1.29, 1.82) is 0 Å². The summed E-state index contributed by atoms with van der Waals surface area (Å²) in [4.78, 5) is 23.4. The summed E-state index contributed by atoms with van der Waals surface area (Å²) >= 11 is 0. The summed E-state index contributed by atoms with van der Waals surface area (Å²) in [5.74, 6) is -1.61. The molecule has 4 nitrogen and oxygen atoms in total. The highest BCUT2D eigenvalue weighted by Gasteiger charge is 2.15. The summed E-state index contributed by atoms with van der Waals surface area (Å²) in [6, 6.07) is 9.47. The summed E-state index contributed by atoms with van der Waals surface area (Å²) in [6.07, 6.45) is -0.459. The van der Waals surface area contributed by atoms with E-state index < -0.39 is 25.1 Å². The second-order valence-corrected chi connectivity index (χ2v) is 4.31. The summed E-state index contributed by atoms with van der Waals surface area (Å²) in [6.45, 7) is -0.742. The van der Waals surface area contributed by atoms with Gasteiger partial charge in [-0.05, 0) is 19.1 Å². The number of carbonyl (C=O) groups excluding carboxylic acids is 1. The smallest absolute Gasteiger partial charge is 0.309 e. The van der Waals surface area contributed by atoms with Crippen molar-refractivity contribution in [3.05, 3.63) is 58.9 Å². The van der Waals surface area contributed by atoms with Crippen LogP contribution in [-0.4, -0.2) is 21.4 Å². The first kappa shape index (κ1) is 9.55. The minimum Gasteiger partial charge on any atom is -0.481 e. The normalized spacial score (nSPS) is 13.4. The number of benzene rings is 1. The van der Waals surface area contributed by atoms with Gasteiger partial charge in [0.25, 0.3) is 0 Å². The van der Waals surface area contributed by atoms with Gasteiger partial charge in [-0.2, -0.15) is 0 Å². The molecule has 1 N–H and O–H groups in total. The minimum atomic E-state index is -2.62. The zero-order chi connectivity index (χ0) is 16.5. The van der Waals surface area contributed by atoms with Crippen LogP contribution < -0.4 is 0 Å². The van der Waals surface area contributed by atoms with Crippen molar-refractivity contribution in [3.8, 4) is 0 Å². The predicted octanol–water partition coefficient (Wildman–Crippen LogP) is 2.19. The standard InChI is InChI=1S/C15H15NO3/c1-10-3-5-11(6-4-10)15(19)13-8-7-12(16(13)2)9-14(17)18/h3-8H,9H2,1-2H3,(H,17,18)/i2D3. The van der Waals surface area contributed by atoms with Gasteiger partial charge in [0.15, 0.2) is 0 Å². The van der Waals surface area contributed by atoms with Crippen LogP contribution in [0.15, 0.2) is 36.4 Å². The quantitative estimate of drug-likeness (QED) is 0.857. The molecule has 0 aliphatic carbocycles. The van der Waals surface area contributed by atoms with Crippen LogP contribution in [0.25, 0.3) is 0 Å². The Bertz CT molecular complexity index is 715. The van der Waals surface area contributed by atoms with Crippen molar-refractivity contribution in [2.75, 3.05) is 0 Å².